The first-order valence-corrected chi connectivity index (χ1v) is 10.3. The maximum absolute atomic E-state index is 5.99. The van der Waals surface area contributed by atoms with Crippen molar-refractivity contribution < 1.29 is 9.47 Å². The minimum absolute atomic E-state index is 0. The van der Waals surface area contributed by atoms with Crippen molar-refractivity contribution in [2.75, 3.05) is 46.0 Å². The van der Waals surface area contributed by atoms with Crippen LogP contribution < -0.4 is 15.8 Å². The van der Waals surface area contributed by atoms with Gasteiger partial charge in [0.25, 0.3) is 0 Å². The lowest BCUT2D eigenvalue weighted by Crippen LogP contribution is -2.38. The zero-order valence-electron chi connectivity index (χ0n) is 16.0. The molecule has 28 heavy (non-hydrogen) atoms. The highest BCUT2D eigenvalue weighted by Gasteiger charge is 2.10. The molecule has 0 radical (unpaired) electrons. The quantitative estimate of drug-likeness (QED) is 0.305. The van der Waals surface area contributed by atoms with E-state index in [2.05, 4.69) is 32.7 Å². The number of morpholine rings is 1. The fraction of sp³-hybridized carbons (Fsp3) is 0.450. The average Bonchev–Trinajstić information content (AvgIpc) is 3.21. The van der Waals surface area contributed by atoms with Crippen molar-refractivity contribution in [3.8, 4) is 5.75 Å². The van der Waals surface area contributed by atoms with E-state index in [4.69, 9.17) is 15.2 Å². The van der Waals surface area contributed by atoms with Crippen molar-refractivity contribution in [1.29, 1.82) is 0 Å². The van der Waals surface area contributed by atoms with Gasteiger partial charge in [-0.25, -0.2) is 4.99 Å². The average molecular weight is 516 g/mol. The second-order valence-electron chi connectivity index (χ2n) is 6.37. The number of para-hydroxylation sites is 1. The van der Waals surface area contributed by atoms with Crippen LogP contribution in [0, 0.1) is 0 Å². The summed E-state index contributed by atoms with van der Waals surface area (Å²) >= 11 is 1.76. The summed E-state index contributed by atoms with van der Waals surface area (Å²) in [6, 6.07) is 12.2. The molecule has 1 aromatic heterocycles. The summed E-state index contributed by atoms with van der Waals surface area (Å²) in [5, 5.41) is 5.26. The van der Waals surface area contributed by atoms with Crippen LogP contribution in [-0.2, 0) is 17.7 Å². The van der Waals surface area contributed by atoms with E-state index in [0.29, 0.717) is 19.1 Å². The van der Waals surface area contributed by atoms with E-state index >= 15 is 0 Å². The Morgan fingerprint density at radius 1 is 1.21 bits per heavy atom. The van der Waals surface area contributed by atoms with Gasteiger partial charge in [0, 0.05) is 36.6 Å². The third kappa shape index (κ3) is 7.94. The summed E-state index contributed by atoms with van der Waals surface area (Å²) in [6.07, 6.45) is 0.953. The van der Waals surface area contributed by atoms with Crippen molar-refractivity contribution in [3.63, 3.8) is 0 Å². The predicted molar refractivity (Wildman–Crippen MR) is 126 cm³/mol. The summed E-state index contributed by atoms with van der Waals surface area (Å²) in [6.45, 7) is 6.43. The number of nitrogens with zero attached hydrogens (tertiary/aromatic N) is 2. The molecule has 3 rings (SSSR count). The van der Waals surface area contributed by atoms with Gasteiger partial charge in [-0.1, -0.05) is 24.3 Å². The second-order valence-corrected chi connectivity index (χ2v) is 7.40. The monoisotopic (exact) mass is 516 g/mol. The van der Waals surface area contributed by atoms with E-state index in [1.165, 1.54) is 4.88 Å². The zero-order chi connectivity index (χ0) is 18.7. The predicted octanol–water partition coefficient (Wildman–Crippen LogP) is 2.72. The largest absolute Gasteiger partial charge is 0.492 e. The van der Waals surface area contributed by atoms with Crippen molar-refractivity contribution >= 4 is 41.3 Å². The minimum atomic E-state index is 0. The first kappa shape index (κ1) is 22.9. The molecule has 1 aliphatic rings. The number of halogens is 1. The number of nitrogens with one attached hydrogen (secondary N) is 1. The Hall–Kier alpha value is -1.36. The van der Waals surface area contributed by atoms with E-state index in [1.807, 2.05) is 24.3 Å². The molecular formula is C20H29IN4O2S. The van der Waals surface area contributed by atoms with Crippen LogP contribution in [-0.4, -0.2) is 56.9 Å². The Labute approximate surface area is 188 Å². The zero-order valence-corrected chi connectivity index (χ0v) is 19.2. The van der Waals surface area contributed by atoms with Crippen LogP contribution in [0.5, 0.6) is 5.75 Å². The number of hydrogen-bond donors (Lipinski definition) is 2. The molecule has 0 unspecified atom stereocenters. The lowest BCUT2D eigenvalue weighted by atomic mass is 10.2. The van der Waals surface area contributed by atoms with E-state index in [0.717, 1.165) is 57.1 Å². The molecule has 1 saturated heterocycles. The number of thiophene rings is 1. The van der Waals surface area contributed by atoms with Gasteiger partial charge < -0.3 is 20.5 Å². The Bertz CT molecular complexity index is 706. The maximum atomic E-state index is 5.99. The summed E-state index contributed by atoms with van der Waals surface area (Å²) in [7, 11) is 0. The standard InChI is InChI=1S/C20H28N4O2S.HI/c21-20(22-8-7-18-5-3-15-27-18)23-16-17-4-1-2-6-19(17)26-14-11-24-9-12-25-13-10-24;/h1-6,15H,7-14,16H2,(H3,21,22,23);1H. The topological polar surface area (TPSA) is 72.1 Å². The molecule has 0 spiro atoms. The van der Waals surface area contributed by atoms with Gasteiger partial charge in [0.1, 0.15) is 12.4 Å². The fourth-order valence-electron chi connectivity index (χ4n) is 2.88. The SMILES string of the molecule is I.NC(=NCc1ccccc1OCCN1CCOCC1)NCCc1cccs1. The number of rotatable bonds is 9. The van der Waals surface area contributed by atoms with E-state index in [-0.39, 0.29) is 24.0 Å². The Morgan fingerprint density at radius 2 is 2.04 bits per heavy atom. The maximum Gasteiger partial charge on any atom is 0.188 e. The molecule has 2 aromatic rings. The van der Waals surface area contributed by atoms with Crippen LogP contribution in [0.2, 0.25) is 0 Å². The number of guanidine groups is 1. The lowest BCUT2D eigenvalue weighted by molar-refractivity contribution is 0.0322. The van der Waals surface area contributed by atoms with Crippen molar-refractivity contribution in [2.24, 2.45) is 10.7 Å². The number of aliphatic imine (C=N–C) groups is 1. The van der Waals surface area contributed by atoms with Crippen molar-refractivity contribution in [3.05, 3.63) is 52.2 Å². The smallest absolute Gasteiger partial charge is 0.188 e. The van der Waals surface area contributed by atoms with Crippen molar-refractivity contribution in [1.82, 2.24) is 10.2 Å². The molecule has 1 aliphatic heterocycles. The van der Waals surface area contributed by atoms with E-state index in [1.54, 1.807) is 11.3 Å². The highest BCUT2D eigenvalue weighted by Crippen LogP contribution is 2.19. The molecule has 0 saturated carbocycles. The Kier molecular flexibility index (Phi) is 10.6. The number of nitrogens with two attached hydrogens (primary N) is 1. The number of hydrogen-bond acceptors (Lipinski definition) is 5. The van der Waals surface area contributed by atoms with Crippen LogP contribution in [0.25, 0.3) is 0 Å². The molecular weight excluding hydrogens is 487 g/mol. The molecule has 8 heteroatoms. The Morgan fingerprint density at radius 3 is 2.82 bits per heavy atom. The van der Waals surface area contributed by atoms with Crippen LogP contribution in [0.15, 0.2) is 46.8 Å². The molecule has 1 fully saturated rings. The van der Waals surface area contributed by atoms with Crippen molar-refractivity contribution in [2.45, 2.75) is 13.0 Å². The van der Waals surface area contributed by atoms with Gasteiger partial charge in [0.2, 0.25) is 0 Å². The lowest BCUT2D eigenvalue weighted by Gasteiger charge is -2.26. The van der Waals surface area contributed by atoms with Gasteiger partial charge in [0.15, 0.2) is 5.96 Å². The summed E-state index contributed by atoms with van der Waals surface area (Å²) < 4.78 is 11.4. The van der Waals surface area contributed by atoms with E-state index in [9.17, 15) is 0 Å². The van der Waals surface area contributed by atoms with Gasteiger partial charge in [-0.15, -0.1) is 35.3 Å². The summed E-state index contributed by atoms with van der Waals surface area (Å²) in [5.74, 6) is 1.34. The second kappa shape index (κ2) is 13.0. The highest BCUT2D eigenvalue weighted by atomic mass is 127. The third-order valence-electron chi connectivity index (χ3n) is 4.42. The molecule has 0 aliphatic carbocycles. The Balaban J connectivity index is 0.00000280. The molecule has 1 aromatic carbocycles. The van der Waals surface area contributed by atoms with Gasteiger partial charge in [-0.3, -0.25) is 4.90 Å². The van der Waals surface area contributed by atoms with Crippen LogP contribution in [0.4, 0.5) is 0 Å². The summed E-state index contributed by atoms with van der Waals surface area (Å²) in [5.41, 5.74) is 7.04. The van der Waals surface area contributed by atoms with Gasteiger partial charge in [-0.05, 0) is 23.9 Å². The molecule has 0 bridgehead atoms. The van der Waals surface area contributed by atoms with Gasteiger partial charge >= 0.3 is 0 Å². The normalized spacial score (nSPS) is 15.1. The molecule has 0 amide bonds. The van der Waals surface area contributed by atoms with E-state index < -0.39 is 0 Å². The van der Waals surface area contributed by atoms with Crippen LogP contribution in [0.3, 0.4) is 0 Å². The van der Waals surface area contributed by atoms with Gasteiger partial charge in [0.05, 0.1) is 19.8 Å². The van der Waals surface area contributed by atoms with Crippen LogP contribution in [0.1, 0.15) is 10.4 Å². The number of ether oxygens (including phenoxy) is 2. The first-order valence-electron chi connectivity index (χ1n) is 9.38. The third-order valence-corrected chi connectivity index (χ3v) is 5.35. The first-order chi connectivity index (χ1) is 13.3. The molecule has 6 nitrogen and oxygen atoms in total. The number of benzene rings is 1. The summed E-state index contributed by atoms with van der Waals surface area (Å²) in [4.78, 5) is 8.15. The molecule has 2 heterocycles. The fourth-order valence-corrected chi connectivity index (χ4v) is 3.59. The molecule has 154 valence electrons. The minimum Gasteiger partial charge on any atom is -0.492 e. The molecule has 0 atom stereocenters. The highest BCUT2D eigenvalue weighted by molar-refractivity contribution is 14.0. The van der Waals surface area contributed by atoms with Crippen LogP contribution >= 0.6 is 35.3 Å². The molecule has 3 N–H and O–H groups in total. The van der Waals surface area contributed by atoms with Gasteiger partial charge in [-0.2, -0.15) is 0 Å².